The van der Waals surface area contributed by atoms with Crippen molar-refractivity contribution in [2.75, 3.05) is 0 Å². The summed E-state index contributed by atoms with van der Waals surface area (Å²) in [4.78, 5) is 11.4. The fraction of sp³-hybridized carbons (Fsp3) is 0.0909. The predicted molar refractivity (Wildman–Crippen MR) is 57.2 cm³/mol. The Bertz CT molecular complexity index is 342. The number of hydrazone groups is 1. The van der Waals surface area contributed by atoms with Crippen molar-refractivity contribution < 1.29 is 4.79 Å². The Labute approximate surface area is 83.1 Å². The summed E-state index contributed by atoms with van der Waals surface area (Å²) in [6.07, 6.45) is 5.10. The molecule has 0 saturated heterocycles. The van der Waals surface area contributed by atoms with Gasteiger partial charge in [0.05, 0.1) is 0 Å². The van der Waals surface area contributed by atoms with Gasteiger partial charge in [0.25, 0.3) is 5.91 Å². The molecule has 0 unspecified atom stereocenters. The summed E-state index contributed by atoms with van der Waals surface area (Å²) in [5, 5.41) is 3.73. The smallest absolute Gasteiger partial charge is 0.267 e. The molecule has 72 valence electrons. The second kappa shape index (κ2) is 5.70. The molecular weight excluding hydrogens is 176 g/mol. The van der Waals surface area contributed by atoms with Gasteiger partial charge in [0, 0.05) is 11.8 Å². The number of rotatable bonds is 3. The van der Waals surface area contributed by atoms with Crippen LogP contribution in [0.5, 0.6) is 0 Å². The van der Waals surface area contributed by atoms with Crippen molar-refractivity contribution in [1.29, 1.82) is 0 Å². The van der Waals surface area contributed by atoms with Crippen LogP contribution in [0.4, 0.5) is 0 Å². The predicted octanol–water partition coefficient (Wildman–Crippen LogP) is 1.98. The van der Waals surface area contributed by atoms with Crippen LogP contribution in [0, 0.1) is 0 Å². The summed E-state index contributed by atoms with van der Waals surface area (Å²) in [5.74, 6) is -0.202. The Morgan fingerprint density at radius 3 is 2.71 bits per heavy atom. The van der Waals surface area contributed by atoms with Crippen LogP contribution < -0.4 is 5.43 Å². The van der Waals surface area contributed by atoms with Crippen molar-refractivity contribution in [3.63, 3.8) is 0 Å². The first-order valence-corrected chi connectivity index (χ1v) is 4.34. The molecule has 0 heterocycles. The highest BCUT2D eigenvalue weighted by molar-refractivity contribution is 5.94. The van der Waals surface area contributed by atoms with E-state index in [0.717, 1.165) is 0 Å². The molecule has 0 radical (unpaired) electrons. The minimum atomic E-state index is -0.202. The molecule has 0 saturated carbocycles. The second-order valence-corrected chi connectivity index (χ2v) is 2.61. The van der Waals surface area contributed by atoms with Crippen LogP contribution in [-0.4, -0.2) is 12.1 Å². The first-order valence-electron chi connectivity index (χ1n) is 4.34. The zero-order chi connectivity index (χ0) is 10.2. The third-order valence-corrected chi connectivity index (χ3v) is 1.56. The fourth-order valence-corrected chi connectivity index (χ4v) is 0.879. The number of nitrogens with zero attached hydrogens (tertiary/aromatic N) is 1. The molecule has 0 bridgehead atoms. The molecule has 0 fully saturated rings. The third-order valence-electron chi connectivity index (χ3n) is 1.56. The Hall–Kier alpha value is -1.90. The largest absolute Gasteiger partial charge is 0.271 e. The first-order chi connectivity index (χ1) is 6.84. The van der Waals surface area contributed by atoms with Gasteiger partial charge in [-0.2, -0.15) is 5.10 Å². The van der Waals surface area contributed by atoms with E-state index in [4.69, 9.17) is 0 Å². The lowest BCUT2D eigenvalue weighted by Gasteiger charge is -1.97. The Morgan fingerprint density at radius 1 is 1.36 bits per heavy atom. The lowest BCUT2D eigenvalue weighted by molar-refractivity contribution is 0.0955. The molecule has 1 aromatic rings. The summed E-state index contributed by atoms with van der Waals surface area (Å²) < 4.78 is 0. The number of carbonyl (C=O) groups excluding carboxylic acids is 1. The molecule has 14 heavy (non-hydrogen) atoms. The topological polar surface area (TPSA) is 41.5 Å². The maximum atomic E-state index is 11.4. The van der Waals surface area contributed by atoms with Crippen molar-refractivity contribution in [1.82, 2.24) is 5.43 Å². The van der Waals surface area contributed by atoms with E-state index >= 15 is 0 Å². The van der Waals surface area contributed by atoms with Crippen molar-refractivity contribution in [3.05, 3.63) is 48.0 Å². The van der Waals surface area contributed by atoms with Crippen LogP contribution in [0.25, 0.3) is 0 Å². The van der Waals surface area contributed by atoms with Gasteiger partial charge >= 0.3 is 0 Å². The number of carbonyl (C=O) groups is 1. The summed E-state index contributed by atoms with van der Waals surface area (Å²) >= 11 is 0. The van der Waals surface area contributed by atoms with Crippen molar-refractivity contribution in [2.45, 2.75) is 6.92 Å². The number of hydrogen-bond donors (Lipinski definition) is 1. The van der Waals surface area contributed by atoms with Crippen molar-refractivity contribution in [2.24, 2.45) is 5.10 Å². The molecule has 1 amide bonds. The lowest BCUT2D eigenvalue weighted by Crippen LogP contribution is -2.16. The van der Waals surface area contributed by atoms with Gasteiger partial charge in [-0.15, -0.1) is 0 Å². The van der Waals surface area contributed by atoms with Crippen LogP contribution in [0.3, 0.4) is 0 Å². The highest BCUT2D eigenvalue weighted by atomic mass is 16.2. The summed E-state index contributed by atoms with van der Waals surface area (Å²) in [6, 6.07) is 8.95. The van der Waals surface area contributed by atoms with Crippen molar-refractivity contribution >= 4 is 12.1 Å². The van der Waals surface area contributed by atoms with E-state index in [1.165, 1.54) is 6.21 Å². The second-order valence-electron chi connectivity index (χ2n) is 2.61. The van der Waals surface area contributed by atoms with Gasteiger partial charge in [0.15, 0.2) is 0 Å². The van der Waals surface area contributed by atoms with Gasteiger partial charge in [0.1, 0.15) is 0 Å². The Morgan fingerprint density at radius 2 is 2.07 bits per heavy atom. The van der Waals surface area contributed by atoms with Crippen LogP contribution in [0.1, 0.15) is 17.3 Å². The van der Waals surface area contributed by atoms with Crippen LogP contribution in [0.15, 0.2) is 47.6 Å². The van der Waals surface area contributed by atoms with Crippen LogP contribution in [0.2, 0.25) is 0 Å². The van der Waals surface area contributed by atoms with E-state index in [1.807, 2.05) is 31.2 Å². The van der Waals surface area contributed by atoms with Gasteiger partial charge in [0.2, 0.25) is 0 Å². The monoisotopic (exact) mass is 188 g/mol. The molecule has 3 heteroatoms. The Kier molecular flexibility index (Phi) is 4.14. The minimum absolute atomic E-state index is 0.202. The molecule has 1 N–H and O–H groups in total. The lowest BCUT2D eigenvalue weighted by atomic mass is 10.2. The van der Waals surface area contributed by atoms with Gasteiger partial charge in [-0.05, 0) is 25.1 Å². The summed E-state index contributed by atoms with van der Waals surface area (Å²) in [5.41, 5.74) is 3.01. The van der Waals surface area contributed by atoms with E-state index in [2.05, 4.69) is 10.5 Å². The number of amides is 1. The minimum Gasteiger partial charge on any atom is -0.267 e. The number of benzene rings is 1. The average Bonchev–Trinajstić information content (AvgIpc) is 2.25. The van der Waals surface area contributed by atoms with Gasteiger partial charge in [-0.25, -0.2) is 5.43 Å². The molecule has 3 nitrogen and oxygen atoms in total. The zero-order valence-corrected chi connectivity index (χ0v) is 7.97. The van der Waals surface area contributed by atoms with Gasteiger partial charge in [-0.3, -0.25) is 4.79 Å². The fourth-order valence-electron chi connectivity index (χ4n) is 0.879. The number of allylic oxidation sites excluding steroid dienone is 2. The SMILES string of the molecule is C/C=C/C=N/NC(=O)c1ccccc1. The van der Waals surface area contributed by atoms with E-state index in [1.54, 1.807) is 18.2 Å². The van der Waals surface area contributed by atoms with Gasteiger partial charge < -0.3 is 0 Å². The maximum absolute atomic E-state index is 11.4. The highest BCUT2D eigenvalue weighted by Crippen LogP contribution is 1.96. The molecule has 0 aliphatic heterocycles. The molecule has 0 aliphatic carbocycles. The molecule has 0 spiro atoms. The summed E-state index contributed by atoms with van der Waals surface area (Å²) in [6.45, 7) is 1.88. The standard InChI is InChI=1S/C11H12N2O/c1-2-3-9-12-13-11(14)10-7-5-4-6-8-10/h2-9H,1H3,(H,13,14)/b3-2+,12-9+. The van der Waals surface area contributed by atoms with E-state index < -0.39 is 0 Å². The maximum Gasteiger partial charge on any atom is 0.271 e. The Balaban J connectivity index is 2.52. The normalized spacial score (nSPS) is 10.9. The zero-order valence-electron chi connectivity index (χ0n) is 7.97. The summed E-state index contributed by atoms with van der Waals surface area (Å²) in [7, 11) is 0. The van der Waals surface area contributed by atoms with E-state index in [9.17, 15) is 4.79 Å². The molecule has 0 aliphatic rings. The highest BCUT2D eigenvalue weighted by Gasteiger charge is 2.00. The molecule has 1 aromatic carbocycles. The third kappa shape index (κ3) is 3.23. The van der Waals surface area contributed by atoms with Crippen molar-refractivity contribution in [3.8, 4) is 0 Å². The molecule has 1 rings (SSSR count). The quantitative estimate of drug-likeness (QED) is 0.572. The molecule has 0 aromatic heterocycles. The first kappa shape index (κ1) is 10.2. The van der Waals surface area contributed by atoms with Crippen LogP contribution >= 0.6 is 0 Å². The number of nitrogens with one attached hydrogen (secondary N) is 1. The van der Waals surface area contributed by atoms with E-state index in [0.29, 0.717) is 5.56 Å². The number of hydrogen-bond acceptors (Lipinski definition) is 2. The average molecular weight is 188 g/mol. The van der Waals surface area contributed by atoms with Crippen LogP contribution in [-0.2, 0) is 0 Å². The van der Waals surface area contributed by atoms with Gasteiger partial charge in [-0.1, -0.05) is 24.3 Å². The molecule has 0 atom stereocenters. The van der Waals surface area contributed by atoms with E-state index in [-0.39, 0.29) is 5.91 Å². The molecular formula is C11H12N2O.